The van der Waals surface area contributed by atoms with E-state index in [0.717, 1.165) is 23.4 Å². The number of rotatable bonds is 6. The quantitative estimate of drug-likeness (QED) is 0.840. The number of aryl methyl sites for hydroxylation is 2. The molecule has 0 fully saturated rings. The standard InChI is InChI=1S/C13H20N2O3/c1-5-11(18-4)13-14-8(2)10(9(3)15-13)6-7-12(16)17/h11H,5-7H2,1-4H3,(H,16,17). The molecule has 1 aromatic heterocycles. The van der Waals surface area contributed by atoms with Crippen molar-refractivity contribution in [2.45, 2.75) is 46.1 Å². The molecule has 5 nitrogen and oxygen atoms in total. The molecule has 0 aliphatic heterocycles. The Morgan fingerprint density at radius 2 is 1.89 bits per heavy atom. The molecule has 0 spiro atoms. The van der Waals surface area contributed by atoms with Crippen LogP contribution >= 0.6 is 0 Å². The third kappa shape index (κ3) is 3.50. The molecule has 0 bridgehead atoms. The maximum Gasteiger partial charge on any atom is 0.303 e. The van der Waals surface area contributed by atoms with Crippen molar-refractivity contribution in [3.8, 4) is 0 Å². The molecule has 0 aliphatic rings. The van der Waals surface area contributed by atoms with Crippen LogP contribution in [-0.4, -0.2) is 28.2 Å². The molecule has 0 saturated heterocycles. The molecule has 1 unspecified atom stereocenters. The summed E-state index contributed by atoms with van der Waals surface area (Å²) in [6.45, 7) is 5.79. The highest BCUT2D eigenvalue weighted by atomic mass is 16.5. The van der Waals surface area contributed by atoms with Crippen molar-refractivity contribution in [2.24, 2.45) is 0 Å². The molecule has 100 valence electrons. The summed E-state index contributed by atoms with van der Waals surface area (Å²) in [5.41, 5.74) is 2.61. The van der Waals surface area contributed by atoms with Crippen LogP contribution in [0.2, 0.25) is 0 Å². The Kier molecular flexibility index (Phi) is 5.22. The number of ether oxygens (including phenoxy) is 1. The molecule has 1 rings (SSSR count). The molecular weight excluding hydrogens is 232 g/mol. The molecule has 0 aliphatic carbocycles. The molecule has 1 atom stereocenters. The average Bonchev–Trinajstić information content (AvgIpc) is 2.29. The van der Waals surface area contributed by atoms with Crippen molar-refractivity contribution < 1.29 is 14.6 Å². The van der Waals surface area contributed by atoms with E-state index in [1.807, 2.05) is 20.8 Å². The number of carboxylic acid groups (broad SMARTS) is 1. The SMILES string of the molecule is CCC(OC)c1nc(C)c(CCC(=O)O)c(C)n1. The van der Waals surface area contributed by atoms with Gasteiger partial charge in [-0.3, -0.25) is 4.79 Å². The summed E-state index contributed by atoms with van der Waals surface area (Å²) < 4.78 is 5.31. The van der Waals surface area contributed by atoms with Crippen LogP contribution in [0.25, 0.3) is 0 Å². The number of hydrogen-bond acceptors (Lipinski definition) is 4. The van der Waals surface area contributed by atoms with Crippen LogP contribution in [0, 0.1) is 13.8 Å². The van der Waals surface area contributed by atoms with E-state index in [1.165, 1.54) is 0 Å². The van der Waals surface area contributed by atoms with Crippen molar-refractivity contribution in [2.75, 3.05) is 7.11 Å². The molecule has 0 saturated carbocycles. The van der Waals surface area contributed by atoms with E-state index in [9.17, 15) is 4.79 Å². The van der Waals surface area contributed by atoms with Crippen molar-refractivity contribution in [3.63, 3.8) is 0 Å². The lowest BCUT2D eigenvalue weighted by Gasteiger charge is -2.15. The Labute approximate surface area is 107 Å². The number of carbonyl (C=O) groups is 1. The number of carboxylic acids is 1. The number of aliphatic carboxylic acids is 1. The number of hydrogen-bond donors (Lipinski definition) is 1. The van der Waals surface area contributed by atoms with Crippen LogP contribution < -0.4 is 0 Å². The zero-order valence-corrected chi connectivity index (χ0v) is 11.4. The lowest BCUT2D eigenvalue weighted by atomic mass is 10.1. The highest BCUT2D eigenvalue weighted by molar-refractivity contribution is 5.67. The number of methoxy groups -OCH3 is 1. The Morgan fingerprint density at radius 3 is 2.28 bits per heavy atom. The van der Waals surface area contributed by atoms with Gasteiger partial charge in [0.25, 0.3) is 0 Å². The Morgan fingerprint density at radius 1 is 1.33 bits per heavy atom. The van der Waals surface area contributed by atoms with Gasteiger partial charge < -0.3 is 9.84 Å². The van der Waals surface area contributed by atoms with Crippen LogP contribution in [0.15, 0.2) is 0 Å². The molecule has 5 heteroatoms. The van der Waals surface area contributed by atoms with Crippen molar-refractivity contribution in [1.29, 1.82) is 0 Å². The van der Waals surface area contributed by atoms with Crippen LogP contribution in [0.3, 0.4) is 0 Å². The third-order valence-electron chi connectivity index (χ3n) is 2.97. The minimum absolute atomic E-state index is 0.101. The van der Waals surface area contributed by atoms with E-state index in [4.69, 9.17) is 9.84 Å². The molecule has 0 amide bonds. The zero-order valence-electron chi connectivity index (χ0n) is 11.4. The maximum absolute atomic E-state index is 10.6. The lowest BCUT2D eigenvalue weighted by molar-refractivity contribution is -0.136. The molecule has 18 heavy (non-hydrogen) atoms. The monoisotopic (exact) mass is 252 g/mol. The summed E-state index contributed by atoms with van der Waals surface area (Å²) >= 11 is 0. The van der Waals surface area contributed by atoms with Crippen molar-refractivity contribution in [1.82, 2.24) is 9.97 Å². The maximum atomic E-state index is 10.6. The van der Waals surface area contributed by atoms with Crippen LogP contribution in [-0.2, 0) is 16.0 Å². The third-order valence-corrected chi connectivity index (χ3v) is 2.97. The van der Waals surface area contributed by atoms with Gasteiger partial charge in [0, 0.05) is 24.9 Å². The predicted molar refractivity (Wildman–Crippen MR) is 67.5 cm³/mol. The van der Waals surface area contributed by atoms with Gasteiger partial charge in [-0.15, -0.1) is 0 Å². The smallest absolute Gasteiger partial charge is 0.303 e. The first-order valence-corrected chi connectivity index (χ1v) is 6.08. The van der Waals surface area contributed by atoms with Gasteiger partial charge in [-0.1, -0.05) is 6.92 Å². The number of aromatic nitrogens is 2. The first-order chi connectivity index (χ1) is 8.49. The first-order valence-electron chi connectivity index (χ1n) is 6.08. The fraction of sp³-hybridized carbons (Fsp3) is 0.615. The summed E-state index contributed by atoms with van der Waals surface area (Å²) in [5, 5.41) is 8.71. The summed E-state index contributed by atoms with van der Waals surface area (Å²) in [7, 11) is 1.64. The normalized spacial score (nSPS) is 12.4. The average molecular weight is 252 g/mol. The highest BCUT2D eigenvalue weighted by Gasteiger charge is 2.15. The fourth-order valence-corrected chi connectivity index (χ4v) is 1.96. The molecule has 0 radical (unpaired) electrons. The zero-order chi connectivity index (χ0) is 13.7. The van der Waals surface area contributed by atoms with Gasteiger partial charge in [0.05, 0.1) is 0 Å². The fourth-order valence-electron chi connectivity index (χ4n) is 1.96. The highest BCUT2D eigenvalue weighted by Crippen LogP contribution is 2.20. The van der Waals surface area contributed by atoms with Gasteiger partial charge in [-0.05, 0) is 32.3 Å². The summed E-state index contributed by atoms with van der Waals surface area (Å²) in [4.78, 5) is 19.5. The van der Waals surface area contributed by atoms with Crippen LogP contribution in [0.4, 0.5) is 0 Å². The van der Waals surface area contributed by atoms with E-state index in [2.05, 4.69) is 9.97 Å². The van der Waals surface area contributed by atoms with Crippen molar-refractivity contribution in [3.05, 3.63) is 22.8 Å². The van der Waals surface area contributed by atoms with E-state index in [-0.39, 0.29) is 12.5 Å². The van der Waals surface area contributed by atoms with E-state index in [1.54, 1.807) is 7.11 Å². The minimum atomic E-state index is -0.804. The van der Waals surface area contributed by atoms with E-state index < -0.39 is 5.97 Å². The molecular formula is C13H20N2O3. The Hall–Kier alpha value is -1.49. The second kappa shape index (κ2) is 6.44. The van der Waals surface area contributed by atoms with Gasteiger partial charge in [-0.2, -0.15) is 0 Å². The van der Waals surface area contributed by atoms with Gasteiger partial charge in [0.1, 0.15) is 6.10 Å². The van der Waals surface area contributed by atoms with Gasteiger partial charge in [-0.25, -0.2) is 9.97 Å². The Bertz CT molecular complexity index is 405. The molecule has 1 heterocycles. The van der Waals surface area contributed by atoms with E-state index in [0.29, 0.717) is 12.2 Å². The van der Waals surface area contributed by atoms with Crippen LogP contribution in [0.5, 0.6) is 0 Å². The van der Waals surface area contributed by atoms with Gasteiger partial charge in [0.2, 0.25) is 0 Å². The van der Waals surface area contributed by atoms with E-state index >= 15 is 0 Å². The Balaban J connectivity index is 3.00. The number of nitrogens with zero attached hydrogens (tertiary/aromatic N) is 2. The molecule has 1 aromatic rings. The summed E-state index contributed by atoms with van der Waals surface area (Å²) in [6.07, 6.45) is 1.28. The van der Waals surface area contributed by atoms with Crippen LogP contribution in [0.1, 0.15) is 48.6 Å². The molecule has 1 N–H and O–H groups in total. The molecule has 0 aromatic carbocycles. The topological polar surface area (TPSA) is 72.3 Å². The summed E-state index contributed by atoms with van der Waals surface area (Å²) in [5.74, 6) is -0.129. The first kappa shape index (κ1) is 14.6. The van der Waals surface area contributed by atoms with Gasteiger partial charge in [0.15, 0.2) is 5.82 Å². The minimum Gasteiger partial charge on any atom is -0.481 e. The van der Waals surface area contributed by atoms with Gasteiger partial charge >= 0.3 is 5.97 Å². The lowest BCUT2D eigenvalue weighted by Crippen LogP contribution is -2.11. The second-order valence-electron chi connectivity index (χ2n) is 4.26. The second-order valence-corrected chi connectivity index (χ2v) is 4.26. The van der Waals surface area contributed by atoms with Crippen molar-refractivity contribution >= 4 is 5.97 Å². The largest absolute Gasteiger partial charge is 0.481 e. The summed E-state index contributed by atoms with van der Waals surface area (Å²) in [6, 6.07) is 0. The predicted octanol–water partition coefficient (Wildman–Crippen LogP) is 2.21.